The van der Waals surface area contributed by atoms with Gasteiger partial charge < -0.3 is 5.32 Å². The van der Waals surface area contributed by atoms with Crippen LogP contribution in [0.25, 0.3) is 10.2 Å². The van der Waals surface area contributed by atoms with Gasteiger partial charge >= 0.3 is 0 Å². The fourth-order valence-corrected chi connectivity index (χ4v) is 4.52. The molecule has 0 spiro atoms. The number of nitrogens with zero attached hydrogens (tertiary/aromatic N) is 2. The number of amides is 1. The Morgan fingerprint density at radius 1 is 1.24 bits per heavy atom. The first-order chi connectivity index (χ1) is 13.8. The molecule has 0 aliphatic rings. The number of nitrogens with one attached hydrogen (secondary N) is 1. The van der Waals surface area contributed by atoms with E-state index in [0.29, 0.717) is 33.8 Å². The molecule has 0 fully saturated rings. The number of carbonyl (C=O) groups is 1. The number of rotatable bonds is 8. The van der Waals surface area contributed by atoms with Gasteiger partial charge in [-0.15, -0.1) is 11.3 Å². The molecule has 7 heteroatoms. The lowest BCUT2D eigenvalue weighted by Crippen LogP contribution is -2.24. The van der Waals surface area contributed by atoms with Crippen LogP contribution in [-0.4, -0.2) is 21.2 Å². The number of hydrogen-bond donors (Lipinski definition) is 1. The molecule has 0 bridgehead atoms. The Bertz CT molecular complexity index is 1050. The summed E-state index contributed by atoms with van der Waals surface area (Å²) in [7, 11) is 0. The quantitative estimate of drug-likeness (QED) is 0.387. The summed E-state index contributed by atoms with van der Waals surface area (Å²) in [4.78, 5) is 30.0. The Morgan fingerprint density at radius 3 is 2.76 bits per heavy atom. The molecule has 0 saturated carbocycles. The second-order valence-corrected chi connectivity index (χ2v) is 9.64. The summed E-state index contributed by atoms with van der Waals surface area (Å²) < 4.78 is 2.39. The summed E-state index contributed by atoms with van der Waals surface area (Å²) in [6, 6.07) is 9.76. The number of aromatic nitrogens is 2. The number of benzene rings is 1. The van der Waals surface area contributed by atoms with Gasteiger partial charge in [0.05, 0.1) is 11.3 Å². The third-order valence-corrected chi connectivity index (χ3v) is 6.50. The van der Waals surface area contributed by atoms with Crippen LogP contribution in [0.5, 0.6) is 0 Å². The minimum atomic E-state index is -0.106. The average molecular weight is 430 g/mol. The third kappa shape index (κ3) is 5.48. The molecule has 0 aliphatic heterocycles. The summed E-state index contributed by atoms with van der Waals surface area (Å²) in [5.41, 5.74) is 2.66. The van der Waals surface area contributed by atoms with Gasteiger partial charge in [0.2, 0.25) is 5.91 Å². The molecule has 0 atom stereocenters. The first-order valence-electron chi connectivity index (χ1n) is 9.85. The van der Waals surface area contributed by atoms with E-state index in [1.807, 2.05) is 29.6 Å². The molecular weight excluding hydrogens is 402 g/mol. The Morgan fingerprint density at radius 2 is 2.03 bits per heavy atom. The summed E-state index contributed by atoms with van der Waals surface area (Å²) >= 11 is 2.73. The fourth-order valence-electron chi connectivity index (χ4n) is 2.92. The van der Waals surface area contributed by atoms with E-state index >= 15 is 0 Å². The van der Waals surface area contributed by atoms with E-state index in [9.17, 15) is 9.59 Å². The van der Waals surface area contributed by atoms with Crippen molar-refractivity contribution in [1.29, 1.82) is 0 Å². The standard InChI is InChI=1S/C22H27N3O2S2/c1-14(2)8-10-25-21(27)20-18(9-11-28-20)24-22(25)29-13-19(26)23-17-7-5-6-16(12-17)15(3)4/h5-7,9,11-12,14-15H,8,10,13H2,1-4H3,(H,23,26). The Balaban J connectivity index is 1.75. The number of fused-ring (bicyclic) bond motifs is 1. The smallest absolute Gasteiger partial charge is 0.272 e. The van der Waals surface area contributed by atoms with Crippen LogP contribution in [0.4, 0.5) is 5.69 Å². The molecule has 154 valence electrons. The minimum absolute atomic E-state index is 0.0156. The van der Waals surface area contributed by atoms with Crippen LogP contribution in [0, 0.1) is 5.92 Å². The van der Waals surface area contributed by atoms with Crippen molar-refractivity contribution in [2.24, 2.45) is 5.92 Å². The Labute approximate surface area is 179 Å². The lowest BCUT2D eigenvalue weighted by atomic mass is 10.0. The van der Waals surface area contributed by atoms with Gasteiger partial charge in [0.15, 0.2) is 5.16 Å². The molecule has 29 heavy (non-hydrogen) atoms. The van der Waals surface area contributed by atoms with Crippen LogP contribution in [0.15, 0.2) is 45.7 Å². The van der Waals surface area contributed by atoms with Crippen LogP contribution in [-0.2, 0) is 11.3 Å². The van der Waals surface area contributed by atoms with Crippen molar-refractivity contribution in [3.05, 3.63) is 51.6 Å². The van der Waals surface area contributed by atoms with Crippen LogP contribution in [0.3, 0.4) is 0 Å². The number of thioether (sulfide) groups is 1. The second-order valence-electron chi connectivity index (χ2n) is 7.79. The lowest BCUT2D eigenvalue weighted by molar-refractivity contribution is -0.113. The van der Waals surface area contributed by atoms with Crippen LogP contribution in [0.2, 0.25) is 0 Å². The molecule has 2 aromatic heterocycles. The van der Waals surface area contributed by atoms with Crippen molar-refractivity contribution in [2.45, 2.75) is 51.7 Å². The highest BCUT2D eigenvalue weighted by molar-refractivity contribution is 7.99. The minimum Gasteiger partial charge on any atom is -0.325 e. The zero-order chi connectivity index (χ0) is 21.0. The van der Waals surface area contributed by atoms with Gasteiger partial charge in [-0.1, -0.05) is 51.6 Å². The van der Waals surface area contributed by atoms with E-state index in [0.717, 1.165) is 12.1 Å². The molecule has 0 saturated heterocycles. The van der Waals surface area contributed by atoms with Gasteiger partial charge in [0.1, 0.15) is 4.70 Å². The monoisotopic (exact) mass is 429 g/mol. The van der Waals surface area contributed by atoms with Crippen LogP contribution < -0.4 is 10.9 Å². The first-order valence-corrected chi connectivity index (χ1v) is 11.7. The van der Waals surface area contributed by atoms with E-state index in [4.69, 9.17) is 0 Å². The van der Waals surface area contributed by atoms with E-state index in [-0.39, 0.29) is 17.2 Å². The summed E-state index contributed by atoms with van der Waals surface area (Å²) in [5, 5.41) is 5.44. The normalized spacial score (nSPS) is 11.5. The maximum Gasteiger partial charge on any atom is 0.272 e. The van der Waals surface area contributed by atoms with Gasteiger partial charge in [0.25, 0.3) is 5.56 Å². The van der Waals surface area contributed by atoms with Gasteiger partial charge in [-0.3, -0.25) is 14.2 Å². The van der Waals surface area contributed by atoms with Crippen molar-refractivity contribution in [3.8, 4) is 0 Å². The number of hydrogen-bond acceptors (Lipinski definition) is 5. The fraction of sp³-hybridized carbons (Fsp3) is 0.409. The van der Waals surface area contributed by atoms with E-state index in [1.54, 1.807) is 4.57 Å². The largest absolute Gasteiger partial charge is 0.325 e. The molecule has 1 aromatic carbocycles. The predicted octanol–water partition coefficient (Wildman–Crippen LogP) is 5.36. The zero-order valence-corrected chi connectivity index (χ0v) is 18.9. The molecule has 5 nitrogen and oxygen atoms in total. The van der Waals surface area contributed by atoms with Crippen molar-refractivity contribution in [2.75, 3.05) is 11.1 Å². The van der Waals surface area contributed by atoms with Crippen molar-refractivity contribution >= 4 is 44.9 Å². The van der Waals surface area contributed by atoms with Crippen molar-refractivity contribution in [3.63, 3.8) is 0 Å². The van der Waals surface area contributed by atoms with E-state index in [1.165, 1.54) is 28.7 Å². The molecule has 1 N–H and O–H groups in total. The van der Waals surface area contributed by atoms with Gasteiger partial charge in [0, 0.05) is 12.2 Å². The van der Waals surface area contributed by atoms with Crippen LogP contribution >= 0.6 is 23.1 Å². The highest BCUT2D eigenvalue weighted by atomic mass is 32.2. The molecule has 3 rings (SSSR count). The van der Waals surface area contributed by atoms with Crippen molar-refractivity contribution in [1.82, 2.24) is 9.55 Å². The predicted molar refractivity (Wildman–Crippen MR) is 123 cm³/mol. The molecule has 0 unspecified atom stereocenters. The molecule has 0 aliphatic carbocycles. The average Bonchev–Trinajstić information content (AvgIpc) is 3.14. The molecule has 0 radical (unpaired) electrons. The topological polar surface area (TPSA) is 64.0 Å². The summed E-state index contributed by atoms with van der Waals surface area (Å²) in [6.45, 7) is 9.12. The molecular formula is C22H27N3O2S2. The van der Waals surface area contributed by atoms with Gasteiger partial charge in [-0.25, -0.2) is 4.98 Å². The summed E-state index contributed by atoms with van der Waals surface area (Å²) in [6.07, 6.45) is 0.889. The number of carbonyl (C=O) groups excluding carboxylic acids is 1. The zero-order valence-electron chi connectivity index (χ0n) is 17.3. The summed E-state index contributed by atoms with van der Waals surface area (Å²) in [5.74, 6) is 0.981. The number of thiophene rings is 1. The lowest BCUT2D eigenvalue weighted by Gasteiger charge is -2.13. The molecule has 3 aromatic rings. The highest BCUT2D eigenvalue weighted by Gasteiger charge is 2.15. The van der Waals surface area contributed by atoms with Gasteiger partial charge in [-0.2, -0.15) is 0 Å². The van der Waals surface area contributed by atoms with Gasteiger partial charge in [-0.05, 0) is 47.4 Å². The number of anilines is 1. The molecule has 2 heterocycles. The highest BCUT2D eigenvalue weighted by Crippen LogP contribution is 2.23. The van der Waals surface area contributed by atoms with Crippen LogP contribution in [0.1, 0.15) is 45.6 Å². The maximum atomic E-state index is 12.9. The maximum absolute atomic E-state index is 12.9. The van der Waals surface area contributed by atoms with E-state index in [2.05, 4.69) is 44.1 Å². The molecule has 1 amide bonds. The van der Waals surface area contributed by atoms with Crippen molar-refractivity contribution < 1.29 is 4.79 Å². The SMILES string of the molecule is CC(C)CCn1c(SCC(=O)Nc2cccc(C(C)C)c2)nc2ccsc2c1=O. The first kappa shape index (κ1) is 21.6. The Hall–Kier alpha value is -2.12. The second kappa shape index (κ2) is 9.59. The Kier molecular flexibility index (Phi) is 7.14. The third-order valence-electron chi connectivity index (χ3n) is 4.63. The van der Waals surface area contributed by atoms with E-state index < -0.39 is 0 Å².